The van der Waals surface area contributed by atoms with Crippen molar-refractivity contribution >= 4 is 23.8 Å². The van der Waals surface area contributed by atoms with E-state index in [0.717, 1.165) is 31.9 Å². The predicted octanol–water partition coefficient (Wildman–Crippen LogP) is 3.19. The van der Waals surface area contributed by atoms with Crippen molar-refractivity contribution in [2.75, 3.05) is 26.2 Å². The molecule has 0 atom stereocenters. The van der Waals surface area contributed by atoms with Crippen LogP contribution in [0.1, 0.15) is 45.4 Å². The summed E-state index contributed by atoms with van der Waals surface area (Å²) >= 11 is 1.99. The maximum atomic E-state index is 11.3. The summed E-state index contributed by atoms with van der Waals surface area (Å²) < 4.78 is 0.193. The van der Waals surface area contributed by atoms with Crippen LogP contribution in [0.3, 0.4) is 0 Å². The molecule has 7 heteroatoms. The van der Waals surface area contributed by atoms with Gasteiger partial charge in [-0.15, -0.1) is 11.8 Å². The number of thioether (sulfide) groups is 1. The highest BCUT2D eigenvalue weighted by Crippen LogP contribution is 2.45. The number of nitrogens with two attached hydrogens (primary N) is 1. The molecule has 0 unspecified atom stereocenters. The van der Waals surface area contributed by atoms with Crippen LogP contribution in [0, 0.1) is 0 Å². The SMILES string of the molecule is CCNC(=NCC1(Sc2ccccc2)CCCC1)NC1CCN(C(N)=O)CC1. The zero-order valence-corrected chi connectivity index (χ0v) is 17.6. The van der Waals surface area contributed by atoms with Gasteiger partial charge in [-0.05, 0) is 44.7 Å². The first kappa shape index (κ1) is 20.8. The highest BCUT2D eigenvalue weighted by molar-refractivity contribution is 8.00. The van der Waals surface area contributed by atoms with Crippen LogP contribution in [-0.2, 0) is 0 Å². The fraction of sp³-hybridized carbons (Fsp3) is 0.619. The lowest BCUT2D eigenvalue weighted by molar-refractivity contribution is 0.188. The maximum Gasteiger partial charge on any atom is 0.314 e. The predicted molar refractivity (Wildman–Crippen MR) is 117 cm³/mol. The van der Waals surface area contributed by atoms with E-state index in [9.17, 15) is 4.79 Å². The highest BCUT2D eigenvalue weighted by atomic mass is 32.2. The lowest BCUT2D eigenvalue weighted by atomic mass is 10.1. The molecule has 0 aromatic heterocycles. The van der Waals surface area contributed by atoms with E-state index in [4.69, 9.17) is 10.7 Å². The molecule has 2 amide bonds. The van der Waals surface area contributed by atoms with Crippen molar-refractivity contribution in [3.8, 4) is 0 Å². The van der Waals surface area contributed by atoms with E-state index in [1.165, 1.54) is 30.6 Å². The Morgan fingerprint density at radius 3 is 2.54 bits per heavy atom. The number of nitrogens with zero attached hydrogens (tertiary/aromatic N) is 2. The van der Waals surface area contributed by atoms with E-state index < -0.39 is 0 Å². The van der Waals surface area contributed by atoms with Gasteiger partial charge in [0.1, 0.15) is 0 Å². The number of rotatable bonds is 6. The lowest BCUT2D eigenvalue weighted by Crippen LogP contribution is -2.51. The number of primary amides is 1. The fourth-order valence-corrected chi connectivity index (χ4v) is 5.45. The van der Waals surface area contributed by atoms with Gasteiger partial charge in [-0.3, -0.25) is 4.99 Å². The molecular weight excluding hydrogens is 370 g/mol. The minimum absolute atomic E-state index is 0.193. The summed E-state index contributed by atoms with van der Waals surface area (Å²) in [5.74, 6) is 0.889. The van der Waals surface area contributed by atoms with Crippen molar-refractivity contribution < 1.29 is 4.79 Å². The van der Waals surface area contributed by atoms with Gasteiger partial charge in [0.15, 0.2) is 5.96 Å². The Morgan fingerprint density at radius 1 is 1.25 bits per heavy atom. The van der Waals surface area contributed by atoms with E-state index >= 15 is 0 Å². The van der Waals surface area contributed by atoms with Crippen molar-refractivity contribution in [3.05, 3.63) is 30.3 Å². The molecule has 154 valence electrons. The largest absolute Gasteiger partial charge is 0.357 e. The van der Waals surface area contributed by atoms with Gasteiger partial charge in [-0.2, -0.15) is 0 Å². The van der Waals surface area contributed by atoms with E-state index in [1.54, 1.807) is 4.90 Å². The molecule has 1 aliphatic heterocycles. The minimum atomic E-state index is -0.319. The zero-order chi connectivity index (χ0) is 19.8. The standard InChI is InChI=1S/C21H33N5OS/c1-2-23-20(25-17-10-14-26(15-11-17)19(22)27)24-16-21(12-6-7-13-21)28-18-8-4-3-5-9-18/h3-5,8-9,17H,2,6-7,10-16H2,1H3,(H2,22,27)(H2,23,24,25). The summed E-state index contributed by atoms with van der Waals surface area (Å²) in [6.45, 7) is 5.17. The zero-order valence-electron chi connectivity index (χ0n) is 16.8. The molecule has 1 saturated carbocycles. The average Bonchev–Trinajstić information content (AvgIpc) is 3.16. The minimum Gasteiger partial charge on any atom is -0.357 e. The topological polar surface area (TPSA) is 82.8 Å². The summed E-state index contributed by atoms with van der Waals surface area (Å²) in [7, 11) is 0. The van der Waals surface area contributed by atoms with Gasteiger partial charge in [0, 0.05) is 35.3 Å². The van der Waals surface area contributed by atoms with Crippen LogP contribution in [0.15, 0.2) is 40.2 Å². The molecule has 0 radical (unpaired) electrons. The van der Waals surface area contributed by atoms with E-state index in [1.807, 2.05) is 11.8 Å². The van der Waals surface area contributed by atoms with Gasteiger partial charge in [-0.25, -0.2) is 4.79 Å². The third-order valence-electron chi connectivity index (χ3n) is 5.61. The van der Waals surface area contributed by atoms with Gasteiger partial charge in [0.05, 0.1) is 6.54 Å². The quantitative estimate of drug-likeness (QED) is 0.503. The Bertz CT molecular complexity index is 652. The second-order valence-electron chi connectivity index (χ2n) is 7.74. The van der Waals surface area contributed by atoms with Gasteiger partial charge in [-0.1, -0.05) is 31.0 Å². The van der Waals surface area contributed by atoms with Crippen LogP contribution >= 0.6 is 11.8 Å². The van der Waals surface area contributed by atoms with Gasteiger partial charge in [0.2, 0.25) is 0 Å². The summed E-state index contributed by atoms with van der Waals surface area (Å²) in [5, 5.41) is 6.97. The number of guanidine groups is 1. The fourth-order valence-electron chi connectivity index (χ4n) is 4.03. The summed E-state index contributed by atoms with van der Waals surface area (Å²) in [4.78, 5) is 19.3. The van der Waals surface area contributed by atoms with Gasteiger partial charge in [0.25, 0.3) is 0 Å². The van der Waals surface area contributed by atoms with Crippen LogP contribution in [0.2, 0.25) is 0 Å². The van der Waals surface area contributed by atoms with Crippen molar-refractivity contribution in [1.82, 2.24) is 15.5 Å². The number of hydrogen-bond acceptors (Lipinski definition) is 3. The first-order valence-electron chi connectivity index (χ1n) is 10.4. The molecule has 1 aromatic rings. The highest BCUT2D eigenvalue weighted by Gasteiger charge is 2.35. The first-order chi connectivity index (χ1) is 13.6. The third-order valence-corrected chi connectivity index (χ3v) is 7.09. The normalized spacial score (nSPS) is 20.2. The third kappa shape index (κ3) is 5.80. The van der Waals surface area contributed by atoms with E-state index in [-0.39, 0.29) is 10.8 Å². The molecule has 2 aliphatic rings. The molecule has 0 spiro atoms. The first-order valence-corrected chi connectivity index (χ1v) is 11.3. The number of amides is 2. The van der Waals surface area contributed by atoms with Crippen LogP contribution in [0.25, 0.3) is 0 Å². The summed E-state index contributed by atoms with van der Waals surface area (Å²) in [6, 6.07) is 10.7. The number of carbonyl (C=O) groups excluding carboxylic acids is 1. The van der Waals surface area contributed by atoms with E-state index in [2.05, 4.69) is 47.9 Å². The number of hydrogen-bond donors (Lipinski definition) is 3. The monoisotopic (exact) mass is 403 g/mol. The Balaban J connectivity index is 1.61. The molecule has 1 heterocycles. The van der Waals surface area contributed by atoms with Gasteiger partial charge >= 0.3 is 6.03 Å². The number of carbonyl (C=O) groups is 1. The van der Waals surface area contributed by atoms with Crippen molar-refractivity contribution in [2.24, 2.45) is 10.7 Å². The molecule has 2 fully saturated rings. The number of urea groups is 1. The Hall–Kier alpha value is -1.89. The molecule has 3 rings (SSSR count). The molecule has 0 bridgehead atoms. The van der Waals surface area contributed by atoms with Crippen LogP contribution in [-0.4, -0.2) is 53.9 Å². The summed E-state index contributed by atoms with van der Waals surface area (Å²) in [6.07, 6.45) is 6.79. The molecular formula is C21H33N5OS. The molecule has 4 N–H and O–H groups in total. The number of aliphatic imine (C=N–C) groups is 1. The van der Waals surface area contributed by atoms with Crippen LogP contribution < -0.4 is 16.4 Å². The van der Waals surface area contributed by atoms with Crippen molar-refractivity contribution in [3.63, 3.8) is 0 Å². The number of benzene rings is 1. The number of nitrogens with one attached hydrogen (secondary N) is 2. The maximum absolute atomic E-state index is 11.3. The summed E-state index contributed by atoms with van der Waals surface area (Å²) in [5.41, 5.74) is 5.39. The van der Waals surface area contributed by atoms with Crippen LogP contribution in [0.5, 0.6) is 0 Å². The number of piperidine rings is 1. The molecule has 1 aliphatic carbocycles. The Kier molecular flexibility index (Phi) is 7.48. The Labute approximate surface area is 172 Å². The second-order valence-corrected chi connectivity index (χ2v) is 9.29. The number of likely N-dealkylation sites (tertiary alicyclic amines) is 1. The molecule has 28 heavy (non-hydrogen) atoms. The van der Waals surface area contributed by atoms with Gasteiger partial charge < -0.3 is 21.3 Å². The smallest absolute Gasteiger partial charge is 0.314 e. The second kappa shape index (κ2) is 10.0. The molecule has 1 aromatic carbocycles. The van der Waals surface area contributed by atoms with Crippen molar-refractivity contribution in [1.29, 1.82) is 0 Å². The Morgan fingerprint density at radius 2 is 1.93 bits per heavy atom. The molecule has 1 saturated heterocycles. The van der Waals surface area contributed by atoms with Crippen molar-refractivity contribution in [2.45, 2.75) is 61.1 Å². The molecule has 6 nitrogen and oxygen atoms in total. The van der Waals surface area contributed by atoms with Crippen LogP contribution in [0.4, 0.5) is 4.79 Å². The average molecular weight is 404 g/mol. The van der Waals surface area contributed by atoms with E-state index in [0.29, 0.717) is 19.1 Å². The lowest BCUT2D eigenvalue weighted by Gasteiger charge is -2.32.